The predicted molar refractivity (Wildman–Crippen MR) is 186 cm³/mol. The summed E-state index contributed by atoms with van der Waals surface area (Å²) in [7, 11) is 0. The fourth-order valence-electron chi connectivity index (χ4n) is 7.74. The molecule has 4 atom stereocenters. The Morgan fingerprint density at radius 2 is 1.57 bits per heavy atom. The lowest BCUT2D eigenvalue weighted by Crippen LogP contribution is -2.57. The molecule has 3 fully saturated rings. The zero-order valence-corrected chi connectivity index (χ0v) is 28.5. The largest absolute Gasteiger partial charge is 0.335 e. The number of aryl methyl sites for hydroxylation is 2. The number of carbonyl (C=O) groups excluding carboxylic acids is 3. The Labute approximate surface area is 287 Å². The first kappa shape index (κ1) is 33.5. The van der Waals surface area contributed by atoms with Crippen LogP contribution in [0.2, 0.25) is 10.0 Å². The predicted octanol–water partition coefficient (Wildman–Crippen LogP) is 5.32. The zero-order chi connectivity index (χ0) is 33.2. The molecular formula is C37H43Cl2N5O3. The van der Waals surface area contributed by atoms with Crippen LogP contribution in [0, 0.1) is 13.8 Å². The van der Waals surface area contributed by atoms with Gasteiger partial charge in [0, 0.05) is 43.3 Å². The van der Waals surface area contributed by atoms with E-state index in [0.29, 0.717) is 41.7 Å². The molecule has 3 amide bonds. The molecule has 3 heterocycles. The number of carbonyl (C=O) groups is 3. The van der Waals surface area contributed by atoms with E-state index in [1.807, 2.05) is 83.1 Å². The van der Waals surface area contributed by atoms with Crippen LogP contribution in [0.3, 0.4) is 0 Å². The second kappa shape index (κ2) is 14.4. The zero-order valence-electron chi connectivity index (χ0n) is 27.0. The summed E-state index contributed by atoms with van der Waals surface area (Å²) < 4.78 is 0. The molecule has 3 aliphatic heterocycles. The summed E-state index contributed by atoms with van der Waals surface area (Å²) in [6, 6.07) is 20.6. The molecule has 47 heavy (non-hydrogen) atoms. The Kier molecular flexibility index (Phi) is 10.2. The summed E-state index contributed by atoms with van der Waals surface area (Å²) in [4.78, 5) is 46.6. The summed E-state index contributed by atoms with van der Waals surface area (Å²) in [6.45, 7) is 5.33. The number of amides is 3. The fourth-order valence-corrected chi connectivity index (χ4v) is 8.04. The number of hydrogen-bond acceptors (Lipinski definition) is 5. The second-order valence-electron chi connectivity index (χ2n) is 13.4. The smallest absolute Gasteiger partial charge is 0.254 e. The van der Waals surface area contributed by atoms with Crippen molar-refractivity contribution in [2.24, 2.45) is 5.73 Å². The van der Waals surface area contributed by atoms with Crippen molar-refractivity contribution in [1.82, 2.24) is 20.0 Å². The summed E-state index contributed by atoms with van der Waals surface area (Å²) in [5, 5.41) is 4.37. The van der Waals surface area contributed by atoms with Crippen LogP contribution >= 0.6 is 23.2 Å². The van der Waals surface area contributed by atoms with Crippen molar-refractivity contribution in [3.05, 3.63) is 105 Å². The van der Waals surface area contributed by atoms with Crippen molar-refractivity contribution in [3.8, 4) is 0 Å². The van der Waals surface area contributed by atoms with Gasteiger partial charge in [0.1, 0.15) is 0 Å². The molecule has 0 aliphatic carbocycles. The Balaban J connectivity index is 1.10. The van der Waals surface area contributed by atoms with E-state index in [4.69, 9.17) is 28.9 Å². The van der Waals surface area contributed by atoms with Crippen LogP contribution in [-0.4, -0.2) is 82.8 Å². The first-order valence-electron chi connectivity index (χ1n) is 16.5. The topological polar surface area (TPSA) is 99.0 Å². The van der Waals surface area contributed by atoms with Crippen LogP contribution in [0.4, 0.5) is 0 Å². The molecule has 2 bridgehead atoms. The first-order valence-corrected chi connectivity index (χ1v) is 17.3. The van der Waals surface area contributed by atoms with Crippen LogP contribution in [0.25, 0.3) is 0 Å². The van der Waals surface area contributed by atoms with E-state index < -0.39 is 6.04 Å². The van der Waals surface area contributed by atoms with Crippen molar-refractivity contribution in [2.75, 3.05) is 26.2 Å². The normalized spacial score (nSPS) is 23.1. The standard InChI is InChI=1S/C37H43Cl2N5O3/c1-23-14-24(2)16-27(15-23)36(46)42-12-13-43(34(22-42)26-8-11-31(38)32(39)18-26)35(45)21-41-28-19-29-9-10-30(20-28)44(29)37(47)33(40)17-25-6-4-3-5-7-25/h3-8,11,14-16,18,28-30,33-34,41H,9-10,12-13,17,19-22,40H2,1-2H3/t29-,30-,33-,34-/m0/s1. The van der Waals surface area contributed by atoms with Crippen LogP contribution in [0.5, 0.6) is 0 Å². The maximum atomic E-state index is 13.8. The molecule has 0 radical (unpaired) electrons. The average molecular weight is 677 g/mol. The highest BCUT2D eigenvalue weighted by atomic mass is 35.5. The van der Waals surface area contributed by atoms with Crippen LogP contribution in [0.15, 0.2) is 66.7 Å². The number of hydrogen-bond donors (Lipinski definition) is 2. The van der Waals surface area contributed by atoms with Gasteiger partial charge in [-0.1, -0.05) is 76.8 Å². The molecule has 0 unspecified atom stereocenters. The van der Waals surface area contributed by atoms with Gasteiger partial charge in [0.15, 0.2) is 0 Å². The average Bonchev–Trinajstić information content (AvgIpc) is 3.32. The minimum absolute atomic E-state index is 0.0218. The number of fused-ring (bicyclic) bond motifs is 2. The molecule has 3 aromatic rings. The SMILES string of the molecule is Cc1cc(C)cc(C(=O)N2CCN(C(=O)CNC3C[C@@H]4CC[C@@H](C3)N4C(=O)[C@@H](N)Cc3ccccc3)[C@H](c3ccc(Cl)c(Cl)c3)C2)c1. The lowest BCUT2D eigenvalue weighted by molar-refractivity contribution is -0.138. The highest BCUT2D eigenvalue weighted by Gasteiger charge is 2.44. The third kappa shape index (κ3) is 7.51. The van der Waals surface area contributed by atoms with E-state index in [-0.39, 0.29) is 48.4 Å². The van der Waals surface area contributed by atoms with Gasteiger partial charge in [-0.15, -0.1) is 0 Å². The van der Waals surface area contributed by atoms with E-state index in [1.165, 1.54) is 0 Å². The minimum Gasteiger partial charge on any atom is -0.335 e. The van der Waals surface area contributed by atoms with Gasteiger partial charge >= 0.3 is 0 Å². The lowest BCUT2D eigenvalue weighted by Gasteiger charge is -2.43. The number of nitrogens with two attached hydrogens (primary N) is 1. The Hall–Kier alpha value is -3.43. The third-order valence-electron chi connectivity index (χ3n) is 9.93. The Morgan fingerprint density at radius 3 is 2.23 bits per heavy atom. The molecule has 248 valence electrons. The number of piperazine rings is 1. The molecule has 3 aromatic carbocycles. The summed E-state index contributed by atoms with van der Waals surface area (Å²) >= 11 is 12.7. The summed E-state index contributed by atoms with van der Waals surface area (Å²) in [5.74, 6) is -0.0590. The number of benzene rings is 3. The van der Waals surface area contributed by atoms with Crippen LogP contribution in [0.1, 0.15) is 64.3 Å². The highest BCUT2D eigenvalue weighted by molar-refractivity contribution is 6.42. The third-order valence-corrected chi connectivity index (χ3v) is 10.7. The van der Waals surface area contributed by atoms with Crippen molar-refractivity contribution >= 4 is 40.9 Å². The summed E-state index contributed by atoms with van der Waals surface area (Å²) in [6.07, 6.45) is 4.02. The van der Waals surface area contributed by atoms with Crippen LogP contribution < -0.4 is 11.1 Å². The molecule has 0 aromatic heterocycles. The lowest BCUT2D eigenvalue weighted by atomic mass is 9.95. The van der Waals surface area contributed by atoms with Crippen molar-refractivity contribution in [1.29, 1.82) is 0 Å². The van der Waals surface area contributed by atoms with Gasteiger partial charge in [0.05, 0.1) is 28.7 Å². The van der Waals surface area contributed by atoms with Gasteiger partial charge in [-0.3, -0.25) is 14.4 Å². The van der Waals surface area contributed by atoms with Gasteiger partial charge in [0.25, 0.3) is 5.91 Å². The monoisotopic (exact) mass is 675 g/mol. The fraction of sp³-hybridized carbons (Fsp3) is 0.432. The molecule has 3 aliphatic rings. The molecule has 10 heteroatoms. The maximum absolute atomic E-state index is 13.8. The van der Waals surface area contributed by atoms with E-state index >= 15 is 0 Å². The molecule has 8 nitrogen and oxygen atoms in total. The van der Waals surface area contributed by atoms with Gasteiger partial charge in [-0.25, -0.2) is 0 Å². The van der Waals surface area contributed by atoms with Gasteiger partial charge in [-0.2, -0.15) is 0 Å². The highest BCUT2D eigenvalue weighted by Crippen LogP contribution is 2.37. The molecule has 3 saturated heterocycles. The van der Waals surface area contributed by atoms with E-state index in [0.717, 1.165) is 47.9 Å². The van der Waals surface area contributed by atoms with E-state index in [1.54, 1.807) is 12.1 Å². The van der Waals surface area contributed by atoms with Crippen molar-refractivity contribution < 1.29 is 14.4 Å². The quantitative estimate of drug-likeness (QED) is 0.337. The van der Waals surface area contributed by atoms with Crippen molar-refractivity contribution in [3.63, 3.8) is 0 Å². The van der Waals surface area contributed by atoms with Gasteiger partial charge in [0.2, 0.25) is 11.8 Å². The molecule has 3 N–H and O–H groups in total. The number of halogens is 2. The molecule has 0 spiro atoms. The van der Waals surface area contributed by atoms with Crippen LogP contribution in [-0.2, 0) is 16.0 Å². The number of piperidine rings is 1. The van der Waals surface area contributed by atoms with Gasteiger partial charge in [-0.05, 0) is 81.3 Å². The first-order chi connectivity index (χ1) is 22.6. The van der Waals surface area contributed by atoms with E-state index in [9.17, 15) is 14.4 Å². The summed E-state index contributed by atoms with van der Waals surface area (Å²) in [5.41, 5.74) is 11.0. The second-order valence-corrected chi connectivity index (χ2v) is 14.2. The minimum atomic E-state index is -0.564. The Bertz CT molecular complexity index is 1600. The maximum Gasteiger partial charge on any atom is 0.254 e. The number of rotatable bonds is 8. The molecular weight excluding hydrogens is 633 g/mol. The number of nitrogens with zero attached hydrogens (tertiary/aromatic N) is 3. The van der Waals surface area contributed by atoms with Gasteiger partial charge < -0.3 is 25.8 Å². The molecule has 6 rings (SSSR count). The number of nitrogens with one attached hydrogen (secondary N) is 1. The van der Waals surface area contributed by atoms with E-state index in [2.05, 4.69) is 5.32 Å². The van der Waals surface area contributed by atoms with Crippen molar-refractivity contribution in [2.45, 2.75) is 76.2 Å². The Morgan fingerprint density at radius 1 is 0.894 bits per heavy atom. The molecule has 0 saturated carbocycles.